The van der Waals surface area contributed by atoms with E-state index >= 15 is 0 Å². The molecule has 0 fully saturated rings. The molecule has 0 aliphatic carbocycles. The maximum Gasteiger partial charge on any atom is 0.268 e. The molecule has 0 radical (unpaired) electrons. The second-order valence-corrected chi connectivity index (χ2v) is 4.87. The smallest absolute Gasteiger partial charge is 0.268 e. The van der Waals surface area contributed by atoms with Gasteiger partial charge < -0.3 is 15.4 Å². The quantitative estimate of drug-likeness (QED) is 0.756. The van der Waals surface area contributed by atoms with Crippen LogP contribution in [0, 0.1) is 12.8 Å². The molecule has 0 saturated heterocycles. The Labute approximate surface area is 101 Å². The third-order valence-electron chi connectivity index (χ3n) is 3.06. The highest BCUT2D eigenvalue weighted by molar-refractivity contribution is 6.00. The van der Waals surface area contributed by atoms with E-state index < -0.39 is 6.10 Å². The summed E-state index contributed by atoms with van der Waals surface area (Å²) < 4.78 is 5.82. The molecule has 1 heterocycles. The predicted octanol–water partition coefficient (Wildman–Crippen LogP) is 1.96. The highest BCUT2D eigenvalue weighted by Gasteiger charge is 2.35. The second-order valence-electron chi connectivity index (χ2n) is 4.87. The maximum absolute atomic E-state index is 12.1. The first-order valence-electron chi connectivity index (χ1n) is 5.76. The van der Waals surface area contributed by atoms with Crippen molar-refractivity contribution in [1.29, 1.82) is 0 Å². The van der Waals surface area contributed by atoms with Crippen molar-refractivity contribution in [1.82, 2.24) is 0 Å². The molecule has 92 valence electrons. The summed E-state index contributed by atoms with van der Waals surface area (Å²) in [5.74, 6) is 0.896. The van der Waals surface area contributed by atoms with Gasteiger partial charge >= 0.3 is 0 Å². The van der Waals surface area contributed by atoms with Gasteiger partial charge in [-0.3, -0.25) is 4.79 Å². The summed E-state index contributed by atoms with van der Waals surface area (Å²) in [7, 11) is 1.76. The van der Waals surface area contributed by atoms with Gasteiger partial charge in [-0.15, -0.1) is 0 Å². The second kappa shape index (κ2) is 3.95. The maximum atomic E-state index is 12.1. The molecule has 4 nitrogen and oxygen atoms in total. The van der Waals surface area contributed by atoms with Crippen molar-refractivity contribution < 1.29 is 9.53 Å². The molecule has 2 N–H and O–H groups in total. The van der Waals surface area contributed by atoms with Crippen LogP contribution < -0.4 is 15.4 Å². The van der Waals surface area contributed by atoms with Crippen LogP contribution in [0.15, 0.2) is 12.1 Å². The van der Waals surface area contributed by atoms with Crippen molar-refractivity contribution in [2.45, 2.75) is 26.9 Å². The molecule has 2 rings (SSSR count). The topological polar surface area (TPSA) is 55.6 Å². The molecule has 1 aromatic rings. The van der Waals surface area contributed by atoms with Gasteiger partial charge in [0, 0.05) is 12.7 Å². The first kappa shape index (κ1) is 11.8. The minimum absolute atomic E-state index is 0.0162. The molecule has 1 atom stereocenters. The first-order chi connectivity index (χ1) is 7.91. The number of nitrogens with two attached hydrogens (primary N) is 1. The Bertz CT molecular complexity index is 469. The molecule has 1 aliphatic heterocycles. The number of benzene rings is 1. The van der Waals surface area contributed by atoms with E-state index in [0.717, 1.165) is 17.0 Å². The fourth-order valence-electron chi connectivity index (χ4n) is 2.09. The van der Waals surface area contributed by atoms with Gasteiger partial charge in [0.15, 0.2) is 6.10 Å². The van der Waals surface area contributed by atoms with Crippen LogP contribution in [0.25, 0.3) is 0 Å². The standard InChI is InChI=1S/C13H18N2O2/c1-7(2)11-13(16)15(4)10-6-9(14)5-8(3)12(10)17-11/h5-7,11H,14H2,1-4H3. The summed E-state index contributed by atoms with van der Waals surface area (Å²) in [5.41, 5.74) is 8.15. The van der Waals surface area contributed by atoms with Crippen LogP contribution in [0.3, 0.4) is 0 Å². The molecule has 0 aromatic heterocycles. The summed E-state index contributed by atoms with van der Waals surface area (Å²) in [5, 5.41) is 0. The Kier molecular flexibility index (Phi) is 2.73. The molecule has 0 saturated carbocycles. The number of aryl methyl sites for hydroxylation is 1. The predicted molar refractivity (Wildman–Crippen MR) is 68.3 cm³/mol. The van der Waals surface area contributed by atoms with Gasteiger partial charge in [-0.25, -0.2) is 0 Å². The highest BCUT2D eigenvalue weighted by Crippen LogP contribution is 2.39. The van der Waals surface area contributed by atoms with Crippen LogP contribution in [0.4, 0.5) is 11.4 Å². The van der Waals surface area contributed by atoms with E-state index in [0.29, 0.717) is 5.69 Å². The number of nitrogen functional groups attached to an aromatic ring is 1. The number of carbonyl (C=O) groups excluding carboxylic acids is 1. The van der Waals surface area contributed by atoms with Gasteiger partial charge in [-0.05, 0) is 30.5 Å². The van der Waals surface area contributed by atoms with E-state index in [-0.39, 0.29) is 11.8 Å². The number of hydrogen-bond acceptors (Lipinski definition) is 3. The fraction of sp³-hybridized carbons (Fsp3) is 0.462. The number of amides is 1. The minimum Gasteiger partial charge on any atom is -0.478 e. The Balaban J connectivity index is 2.53. The van der Waals surface area contributed by atoms with Crippen LogP contribution in [0.5, 0.6) is 5.75 Å². The van der Waals surface area contributed by atoms with E-state index in [1.165, 1.54) is 0 Å². The molecule has 1 aromatic carbocycles. The summed E-state index contributed by atoms with van der Waals surface area (Å²) in [6, 6.07) is 3.64. The van der Waals surface area contributed by atoms with Gasteiger partial charge in [0.1, 0.15) is 5.75 Å². The number of carbonyl (C=O) groups is 1. The fourth-order valence-corrected chi connectivity index (χ4v) is 2.09. The Hall–Kier alpha value is -1.71. The van der Waals surface area contributed by atoms with Crippen LogP contribution >= 0.6 is 0 Å². The zero-order valence-corrected chi connectivity index (χ0v) is 10.7. The van der Waals surface area contributed by atoms with E-state index in [1.807, 2.05) is 26.8 Å². The largest absolute Gasteiger partial charge is 0.478 e. The molecule has 1 aliphatic rings. The van der Waals surface area contributed by atoms with Crippen molar-refractivity contribution in [3.8, 4) is 5.75 Å². The molecule has 1 unspecified atom stereocenters. The van der Waals surface area contributed by atoms with Crippen molar-refractivity contribution in [3.63, 3.8) is 0 Å². The van der Waals surface area contributed by atoms with Crippen molar-refractivity contribution >= 4 is 17.3 Å². The summed E-state index contributed by atoms with van der Waals surface area (Å²) in [6.45, 7) is 5.90. The van der Waals surface area contributed by atoms with E-state index in [2.05, 4.69) is 0 Å². The van der Waals surface area contributed by atoms with Crippen molar-refractivity contribution in [3.05, 3.63) is 17.7 Å². The minimum atomic E-state index is -0.408. The third kappa shape index (κ3) is 1.84. The molecule has 1 amide bonds. The molecule has 0 spiro atoms. The van der Waals surface area contributed by atoms with Gasteiger partial charge in [0.25, 0.3) is 5.91 Å². The van der Waals surface area contributed by atoms with E-state index in [1.54, 1.807) is 18.0 Å². The Morgan fingerprint density at radius 1 is 1.41 bits per heavy atom. The van der Waals surface area contributed by atoms with Gasteiger partial charge in [0.05, 0.1) is 5.69 Å². The van der Waals surface area contributed by atoms with Crippen LogP contribution in [-0.4, -0.2) is 19.1 Å². The number of rotatable bonds is 1. The third-order valence-corrected chi connectivity index (χ3v) is 3.06. The van der Waals surface area contributed by atoms with Crippen molar-refractivity contribution in [2.75, 3.05) is 17.7 Å². The SMILES string of the molecule is Cc1cc(N)cc2c1OC(C(C)C)C(=O)N2C. The molecule has 4 heteroatoms. The van der Waals surface area contributed by atoms with Crippen LogP contribution in [0.1, 0.15) is 19.4 Å². The number of fused-ring (bicyclic) bond motifs is 1. The summed E-state index contributed by atoms with van der Waals surface area (Å²) >= 11 is 0. The highest BCUT2D eigenvalue weighted by atomic mass is 16.5. The Morgan fingerprint density at radius 2 is 2.06 bits per heavy atom. The first-order valence-corrected chi connectivity index (χ1v) is 5.76. The van der Waals surface area contributed by atoms with Crippen LogP contribution in [0.2, 0.25) is 0 Å². The van der Waals surface area contributed by atoms with E-state index in [4.69, 9.17) is 10.5 Å². The lowest BCUT2D eigenvalue weighted by Gasteiger charge is -2.34. The lowest BCUT2D eigenvalue weighted by molar-refractivity contribution is -0.127. The molecular weight excluding hydrogens is 216 g/mol. The van der Waals surface area contributed by atoms with Gasteiger partial charge in [-0.1, -0.05) is 13.8 Å². The number of nitrogens with zero attached hydrogens (tertiary/aromatic N) is 1. The lowest BCUT2D eigenvalue weighted by Crippen LogP contribution is -2.46. The number of anilines is 2. The molecular formula is C13H18N2O2. The zero-order valence-electron chi connectivity index (χ0n) is 10.7. The average molecular weight is 234 g/mol. The number of likely N-dealkylation sites (N-methyl/N-ethyl adjacent to an activating group) is 1. The lowest BCUT2D eigenvalue weighted by atomic mass is 10.0. The monoisotopic (exact) mass is 234 g/mol. The van der Waals surface area contributed by atoms with E-state index in [9.17, 15) is 4.79 Å². The number of hydrogen-bond donors (Lipinski definition) is 1. The molecule has 17 heavy (non-hydrogen) atoms. The number of ether oxygens (including phenoxy) is 1. The van der Waals surface area contributed by atoms with Gasteiger partial charge in [-0.2, -0.15) is 0 Å². The normalized spacial score (nSPS) is 19.2. The van der Waals surface area contributed by atoms with Gasteiger partial charge in [0.2, 0.25) is 0 Å². The van der Waals surface area contributed by atoms with Crippen molar-refractivity contribution in [2.24, 2.45) is 5.92 Å². The average Bonchev–Trinajstić information content (AvgIpc) is 2.23. The molecule has 0 bridgehead atoms. The Morgan fingerprint density at radius 3 is 2.65 bits per heavy atom. The zero-order chi connectivity index (χ0) is 12.7. The summed E-state index contributed by atoms with van der Waals surface area (Å²) in [4.78, 5) is 13.7. The summed E-state index contributed by atoms with van der Waals surface area (Å²) in [6.07, 6.45) is -0.408. The van der Waals surface area contributed by atoms with Crippen LogP contribution in [-0.2, 0) is 4.79 Å².